The predicted octanol–water partition coefficient (Wildman–Crippen LogP) is 0.833. The largest absolute Gasteiger partial charge is 0.379 e. The normalized spacial score (nSPS) is 15.4. The summed E-state index contributed by atoms with van der Waals surface area (Å²) in [6.45, 7) is 4.01. The quantitative estimate of drug-likeness (QED) is 0.777. The molecule has 2 rings (SSSR count). The van der Waals surface area contributed by atoms with E-state index in [2.05, 4.69) is 15.1 Å². The smallest absolute Gasteiger partial charge is 0.254 e. The number of hydrogen-bond acceptors (Lipinski definition) is 5. The zero-order chi connectivity index (χ0) is 12.4. The number of aromatic nitrogens is 2. The molecule has 0 unspecified atom stereocenters. The number of carbonyl (C=O) groups is 1. The molecule has 0 radical (unpaired) electrons. The second-order valence-corrected chi connectivity index (χ2v) is 3.90. The summed E-state index contributed by atoms with van der Waals surface area (Å²) in [6, 6.07) is 1.74. The van der Waals surface area contributed by atoms with Crippen molar-refractivity contribution in [3.63, 3.8) is 0 Å². The van der Waals surface area contributed by atoms with Crippen LogP contribution in [0.25, 0.3) is 0 Å². The molecule has 0 fully saturated rings. The molecule has 6 heteroatoms. The Morgan fingerprint density at radius 3 is 2.82 bits per heavy atom. The molecule has 1 aliphatic heterocycles. The first-order valence-corrected chi connectivity index (χ1v) is 5.30. The summed E-state index contributed by atoms with van der Waals surface area (Å²) >= 11 is 0. The van der Waals surface area contributed by atoms with Crippen molar-refractivity contribution in [2.24, 2.45) is 5.10 Å². The van der Waals surface area contributed by atoms with Gasteiger partial charge in [0, 0.05) is 18.9 Å². The summed E-state index contributed by atoms with van der Waals surface area (Å²) in [5.41, 5.74) is 1.53. The van der Waals surface area contributed by atoms with Crippen LogP contribution in [0.15, 0.2) is 11.2 Å². The molecule has 0 saturated heterocycles. The first-order chi connectivity index (χ1) is 8.10. The van der Waals surface area contributed by atoms with Gasteiger partial charge in [-0.2, -0.15) is 10.1 Å². The number of amides is 1. The molecule has 0 aromatic carbocycles. The van der Waals surface area contributed by atoms with Gasteiger partial charge >= 0.3 is 0 Å². The molecule has 0 atom stereocenters. The Kier molecular flexibility index (Phi) is 3.14. The minimum atomic E-state index is -0.0884. The molecule has 90 valence electrons. The highest BCUT2D eigenvalue weighted by Gasteiger charge is 2.26. The Labute approximate surface area is 99.3 Å². The van der Waals surface area contributed by atoms with Crippen LogP contribution in [0, 0.1) is 13.8 Å². The lowest BCUT2D eigenvalue weighted by Crippen LogP contribution is -2.21. The summed E-state index contributed by atoms with van der Waals surface area (Å²) in [5.74, 6) is 1.06. The number of hydrazone groups is 1. The van der Waals surface area contributed by atoms with Crippen molar-refractivity contribution in [2.75, 3.05) is 18.7 Å². The van der Waals surface area contributed by atoms with E-state index in [1.165, 1.54) is 5.01 Å². The minimum Gasteiger partial charge on any atom is -0.379 e. The van der Waals surface area contributed by atoms with Crippen LogP contribution in [-0.4, -0.2) is 35.3 Å². The Morgan fingerprint density at radius 2 is 2.18 bits per heavy atom. The molecular weight excluding hydrogens is 220 g/mol. The molecule has 6 nitrogen and oxygen atoms in total. The molecule has 0 bridgehead atoms. The van der Waals surface area contributed by atoms with Gasteiger partial charge in [0.15, 0.2) is 5.82 Å². The maximum Gasteiger partial charge on any atom is 0.254 e. The second kappa shape index (κ2) is 4.58. The molecule has 1 aromatic rings. The zero-order valence-electron chi connectivity index (χ0n) is 10.1. The number of methoxy groups -OCH3 is 1. The number of hydrogen-bond donors (Lipinski definition) is 0. The molecular formula is C11H14N4O2. The SMILES string of the molecule is COCC1=NN(c2cc(C)nc(C)n2)C(=O)C1. The maximum absolute atomic E-state index is 11.8. The molecule has 1 aromatic heterocycles. The molecule has 1 amide bonds. The first-order valence-electron chi connectivity index (χ1n) is 5.30. The van der Waals surface area contributed by atoms with Crippen molar-refractivity contribution in [1.82, 2.24) is 9.97 Å². The van der Waals surface area contributed by atoms with Gasteiger partial charge in [-0.3, -0.25) is 4.79 Å². The van der Waals surface area contributed by atoms with Crippen molar-refractivity contribution >= 4 is 17.4 Å². The fourth-order valence-electron chi connectivity index (χ4n) is 1.71. The topological polar surface area (TPSA) is 67.7 Å². The lowest BCUT2D eigenvalue weighted by molar-refractivity contribution is -0.117. The average molecular weight is 234 g/mol. The number of ether oxygens (including phenoxy) is 1. The van der Waals surface area contributed by atoms with Crippen LogP contribution in [0.1, 0.15) is 17.9 Å². The Bertz CT molecular complexity index is 464. The van der Waals surface area contributed by atoms with E-state index < -0.39 is 0 Å². The lowest BCUT2D eigenvalue weighted by atomic mass is 10.3. The van der Waals surface area contributed by atoms with Crippen LogP contribution in [0.2, 0.25) is 0 Å². The molecule has 0 N–H and O–H groups in total. The second-order valence-electron chi connectivity index (χ2n) is 3.90. The average Bonchev–Trinajstić information content (AvgIpc) is 2.58. The van der Waals surface area contributed by atoms with Gasteiger partial charge < -0.3 is 4.74 Å². The third-order valence-electron chi connectivity index (χ3n) is 2.31. The number of carbonyl (C=O) groups excluding carboxylic acids is 1. The molecule has 17 heavy (non-hydrogen) atoms. The summed E-state index contributed by atoms with van der Waals surface area (Å²) in [7, 11) is 1.58. The maximum atomic E-state index is 11.8. The van der Waals surface area contributed by atoms with Crippen molar-refractivity contribution in [3.05, 3.63) is 17.6 Å². The summed E-state index contributed by atoms with van der Waals surface area (Å²) < 4.78 is 4.96. The summed E-state index contributed by atoms with van der Waals surface area (Å²) in [5, 5.41) is 5.51. The summed E-state index contributed by atoms with van der Waals surface area (Å²) in [6.07, 6.45) is 0.288. The van der Waals surface area contributed by atoms with Crippen LogP contribution in [0.3, 0.4) is 0 Å². The number of aryl methyl sites for hydroxylation is 2. The number of rotatable bonds is 3. The van der Waals surface area contributed by atoms with Gasteiger partial charge in [-0.25, -0.2) is 9.97 Å². The Balaban J connectivity index is 2.30. The van der Waals surface area contributed by atoms with Gasteiger partial charge in [0.05, 0.1) is 18.7 Å². The third-order valence-corrected chi connectivity index (χ3v) is 2.31. The van der Waals surface area contributed by atoms with Crippen LogP contribution in [-0.2, 0) is 9.53 Å². The van der Waals surface area contributed by atoms with Crippen molar-refractivity contribution in [2.45, 2.75) is 20.3 Å². The first kappa shape index (κ1) is 11.7. The lowest BCUT2D eigenvalue weighted by Gasteiger charge is -2.11. The van der Waals surface area contributed by atoms with Gasteiger partial charge in [0.1, 0.15) is 5.82 Å². The van der Waals surface area contributed by atoms with Gasteiger partial charge in [0.25, 0.3) is 5.91 Å². The number of anilines is 1. The molecule has 2 heterocycles. The third kappa shape index (κ3) is 2.47. The van der Waals surface area contributed by atoms with E-state index in [1.807, 2.05) is 6.92 Å². The van der Waals surface area contributed by atoms with E-state index in [0.29, 0.717) is 24.0 Å². The van der Waals surface area contributed by atoms with E-state index >= 15 is 0 Å². The molecule has 0 aliphatic carbocycles. The van der Waals surface area contributed by atoms with Crippen molar-refractivity contribution in [1.29, 1.82) is 0 Å². The monoisotopic (exact) mass is 234 g/mol. The van der Waals surface area contributed by atoms with Crippen LogP contribution >= 0.6 is 0 Å². The van der Waals surface area contributed by atoms with E-state index in [0.717, 1.165) is 5.69 Å². The highest BCUT2D eigenvalue weighted by atomic mass is 16.5. The fourth-order valence-corrected chi connectivity index (χ4v) is 1.71. The van der Waals surface area contributed by atoms with Crippen LogP contribution in [0.5, 0.6) is 0 Å². The van der Waals surface area contributed by atoms with E-state index in [9.17, 15) is 4.79 Å². The zero-order valence-corrected chi connectivity index (χ0v) is 10.1. The molecule has 0 saturated carbocycles. The molecule has 0 spiro atoms. The number of nitrogens with zero attached hydrogens (tertiary/aromatic N) is 4. The van der Waals surface area contributed by atoms with E-state index in [1.54, 1.807) is 20.1 Å². The fraction of sp³-hybridized carbons (Fsp3) is 0.455. The van der Waals surface area contributed by atoms with Gasteiger partial charge in [-0.05, 0) is 13.8 Å². The standard InChI is InChI=1S/C11H14N4O2/c1-7-4-10(13-8(2)12-7)15-11(16)5-9(14-15)6-17-3/h4H,5-6H2,1-3H3. The van der Waals surface area contributed by atoms with Gasteiger partial charge in [0.2, 0.25) is 0 Å². The predicted molar refractivity (Wildman–Crippen MR) is 62.9 cm³/mol. The van der Waals surface area contributed by atoms with Crippen LogP contribution in [0.4, 0.5) is 5.82 Å². The van der Waals surface area contributed by atoms with Crippen LogP contribution < -0.4 is 5.01 Å². The van der Waals surface area contributed by atoms with Gasteiger partial charge in [-0.1, -0.05) is 0 Å². The van der Waals surface area contributed by atoms with Gasteiger partial charge in [-0.15, -0.1) is 0 Å². The van der Waals surface area contributed by atoms with Crippen molar-refractivity contribution < 1.29 is 9.53 Å². The summed E-state index contributed by atoms with van der Waals surface area (Å²) in [4.78, 5) is 20.1. The molecule has 1 aliphatic rings. The van der Waals surface area contributed by atoms with Crippen molar-refractivity contribution in [3.8, 4) is 0 Å². The van der Waals surface area contributed by atoms with E-state index in [4.69, 9.17) is 4.74 Å². The minimum absolute atomic E-state index is 0.0884. The highest BCUT2D eigenvalue weighted by Crippen LogP contribution is 2.18. The highest BCUT2D eigenvalue weighted by molar-refractivity contribution is 6.13. The Morgan fingerprint density at radius 1 is 1.41 bits per heavy atom. The Hall–Kier alpha value is -1.82. The van der Waals surface area contributed by atoms with E-state index in [-0.39, 0.29) is 12.3 Å².